The van der Waals surface area contributed by atoms with E-state index >= 15 is 0 Å². The minimum Gasteiger partial charge on any atom is -0.490 e. The fourth-order valence-electron chi connectivity index (χ4n) is 5.89. The van der Waals surface area contributed by atoms with Crippen LogP contribution in [-0.2, 0) is 16.0 Å². The third-order valence-corrected chi connectivity index (χ3v) is 8.12. The molecule has 9 nitrogen and oxygen atoms in total. The van der Waals surface area contributed by atoms with E-state index in [1.54, 1.807) is 6.20 Å². The number of fused-ring (bicyclic) bond motifs is 1. The summed E-state index contributed by atoms with van der Waals surface area (Å²) < 4.78 is 19.3. The number of morpholine rings is 2. The van der Waals surface area contributed by atoms with Crippen molar-refractivity contribution in [3.8, 4) is 5.75 Å². The lowest BCUT2D eigenvalue weighted by atomic mass is 9.87. The van der Waals surface area contributed by atoms with Crippen molar-refractivity contribution in [3.05, 3.63) is 59.9 Å². The second kappa shape index (κ2) is 11.8. The molecule has 1 aromatic carbocycles. The fraction of sp³-hybridized carbons (Fsp3) is 0.500. The Morgan fingerprint density at radius 1 is 0.846 bits per heavy atom. The van der Waals surface area contributed by atoms with Crippen LogP contribution in [0.2, 0.25) is 0 Å². The normalized spacial score (nSPS) is 22.2. The number of ether oxygens (including phenoxy) is 3. The number of hydrogen-bond acceptors (Lipinski definition) is 6. The van der Waals surface area contributed by atoms with Crippen LogP contribution in [0.1, 0.15) is 46.4 Å². The van der Waals surface area contributed by atoms with Gasteiger partial charge in [0.15, 0.2) is 0 Å². The predicted molar refractivity (Wildman–Crippen MR) is 146 cm³/mol. The third kappa shape index (κ3) is 5.79. The molecule has 2 amide bonds. The van der Waals surface area contributed by atoms with Gasteiger partial charge < -0.3 is 28.6 Å². The zero-order valence-corrected chi connectivity index (χ0v) is 22.3. The maximum absolute atomic E-state index is 13.2. The summed E-state index contributed by atoms with van der Waals surface area (Å²) >= 11 is 0. The van der Waals surface area contributed by atoms with Crippen molar-refractivity contribution in [2.75, 3.05) is 52.6 Å². The number of hydrogen-bond donors (Lipinski definition) is 0. The number of amides is 2. The van der Waals surface area contributed by atoms with Crippen LogP contribution in [0.15, 0.2) is 48.8 Å². The van der Waals surface area contributed by atoms with E-state index in [0.717, 1.165) is 49.0 Å². The standard InChI is InChI=1S/C30H36N4O5/c35-29(32-12-16-37-17-13-32)23-5-9-25(10-6-23)39-24-7-3-22(4-8-24)20-34-21-26(28-27(34)2-1-11-31-28)30(36)33-14-18-38-19-15-33/h1-2,5-6,9-11,21-22,24H,3-4,7-8,12-20H2. The van der Waals surface area contributed by atoms with Crippen molar-refractivity contribution in [2.45, 2.75) is 38.3 Å². The predicted octanol–water partition coefficient (Wildman–Crippen LogP) is 3.62. The van der Waals surface area contributed by atoms with Crippen LogP contribution in [0.25, 0.3) is 11.0 Å². The first kappa shape index (κ1) is 25.8. The van der Waals surface area contributed by atoms with Crippen LogP contribution in [0.5, 0.6) is 5.75 Å². The van der Waals surface area contributed by atoms with Crippen molar-refractivity contribution < 1.29 is 23.8 Å². The SMILES string of the molecule is O=C(c1ccc(OC2CCC(Cn3cc(C(=O)N4CCOCC4)c4ncccc43)CC2)cc1)N1CCOCC1. The Kier molecular flexibility index (Phi) is 7.78. The summed E-state index contributed by atoms with van der Waals surface area (Å²) in [7, 11) is 0. The van der Waals surface area contributed by atoms with Gasteiger partial charge in [-0.25, -0.2) is 0 Å². The summed E-state index contributed by atoms with van der Waals surface area (Å²) in [6, 6.07) is 11.5. The van der Waals surface area contributed by atoms with Gasteiger partial charge in [0.2, 0.25) is 0 Å². The topological polar surface area (TPSA) is 86.1 Å². The van der Waals surface area contributed by atoms with E-state index in [2.05, 4.69) is 15.6 Å². The second-order valence-corrected chi connectivity index (χ2v) is 10.7. The molecule has 0 spiro atoms. The summed E-state index contributed by atoms with van der Waals surface area (Å²) in [5.41, 5.74) is 3.16. The van der Waals surface area contributed by atoms with E-state index in [-0.39, 0.29) is 17.9 Å². The highest BCUT2D eigenvalue weighted by atomic mass is 16.5. The zero-order valence-electron chi connectivity index (χ0n) is 22.3. The van der Waals surface area contributed by atoms with Gasteiger partial charge >= 0.3 is 0 Å². The molecule has 3 aromatic rings. The van der Waals surface area contributed by atoms with Crippen LogP contribution in [0, 0.1) is 5.92 Å². The van der Waals surface area contributed by atoms with Crippen molar-refractivity contribution >= 4 is 22.8 Å². The molecule has 9 heteroatoms. The summed E-state index contributed by atoms with van der Waals surface area (Å²) in [6.45, 7) is 5.75. The Morgan fingerprint density at radius 2 is 1.49 bits per heavy atom. The molecule has 0 bridgehead atoms. The quantitative estimate of drug-likeness (QED) is 0.482. The van der Waals surface area contributed by atoms with Crippen LogP contribution >= 0.6 is 0 Å². The van der Waals surface area contributed by atoms with Crippen LogP contribution in [0.3, 0.4) is 0 Å². The minimum absolute atomic E-state index is 0.0375. The lowest BCUT2D eigenvalue weighted by Gasteiger charge is -2.29. The van der Waals surface area contributed by atoms with Gasteiger partial charge in [0.1, 0.15) is 11.3 Å². The molecule has 1 saturated carbocycles. The van der Waals surface area contributed by atoms with E-state index in [9.17, 15) is 9.59 Å². The smallest absolute Gasteiger partial charge is 0.257 e. The molecule has 0 unspecified atom stereocenters. The fourth-order valence-corrected chi connectivity index (χ4v) is 5.89. The molecule has 3 fully saturated rings. The Labute approximate surface area is 228 Å². The van der Waals surface area contributed by atoms with Crippen molar-refractivity contribution in [1.82, 2.24) is 19.4 Å². The average Bonchev–Trinajstić information content (AvgIpc) is 3.37. The Bertz CT molecular complexity index is 1290. The molecule has 2 aliphatic heterocycles. The number of pyridine rings is 1. The first-order valence-electron chi connectivity index (χ1n) is 14.1. The van der Waals surface area contributed by atoms with Gasteiger partial charge in [-0.1, -0.05) is 0 Å². The lowest BCUT2D eigenvalue weighted by Crippen LogP contribution is -2.40. The first-order valence-corrected chi connectivity index (χ1v) is 14.1. The maximum atomic E-state index is 13.2. The van der Waals surface area contributed by atoms with Crippen LogP contribution in [0.4, 0.5) is 0 Å². The molecular formula is C30H36N4O5. The monoisotopic (exact) mass is 532 g/mol. The highest BCUT2D eigenvalue weighted by molar-refractivity contribution is 6.05. The average molecular weight is 533 g/mol. The van der Waals surface area contributed by atoms with Crippen molar-refractivity contribution in [1.29, 1.82) is 0 Å². The third-order valence-electron chi connectivity index (χ3n) is 8.12. The lowest BCUT2D eigenvalue weighted by molar-refractivity contribution is 0.0301. The molecule has 0 radical (unpaired) electrons. The molecule has 3 aliphatic rings. The molecular weight excluding hydrogens is 496 g/mol. The van der Waals surface area contributed by atoms with Gasteiger partial charge in [0.25, 0.3) is 11.8 Å². The number of benzene rings is 1. The Hall–Kier alpha value is -3.43. The molecule has 6 rings (SSSR count). The maximum Gasteiger partial charge on any atom is 0.257 e. The molecule has 206 valence electrons. The molecule has 2 aromatic heterocycles. The molecule has 1 aliphatic carbocycles. The molecule has 0 atom stereocenters. The van der Waals surface area contributed by atoms with Gasteiger partial charge in [-0.2, -0.15) is 0 Å². The Balaban J connectivity index is 1.05. The summed E-state index contributed by atoms with van der Waals surface area (Å²) in [4.78, 5) is 34.2. The number of aromatic nitrogens is 2. The van der Waals surface area contributed by atoms with Crippen molar-refractivity contribution in [2.24, 2.45) is 5.92 Å². The largest absolute Gasteiger partial charge is 0.490 e. The van der Waals surface area contributed by atoms with Gasteiger partial charge in [0, 0.05) is 50.7 Å². The van der Waals surface area contributed by atoms with Gasteiger partial charge in [0.05, 0.1) is 43.6 Å². The Morgan fingerprint density at radius 3 is 2.15 bits per heavy atom. The van der Waals surface area contributed by atoms with Gasteiger partial charge in [-0.05, 0) is 68.0 Å². The van der Waals surface area contributed by atoms with Crippen LogP contribution < -0.4 is 4.74 Å². The molecule has 39 heavy (non-hydrogen) atoms. The molecule has 2 saturated heterocycles. The number of nitrogens with zero attached hydrogens (tertiary/aromatic N) is 4. The number of carbonyl (C=O) groups is 2. The number of rotatable bonds is 6. The van der Waals surface area contributed by atoms with Gasteiger partial charge in [-0.15, -0.1) is 0 Å². The highest BCUT2D eigenvalue weighted by Crippen LogP contribution is 2.31. The van der Waals surface area contributed by atoms with E-state index < -0.39 is 0 Å². The van der Waals surface area contributed by atoms with Gasteiger partial charge in [-0.3, -0.25) is 14.6 Å². The summed E-state index contributed by atoms with van der Waals surface area (Å²) in [6.07, 6.45) is 8.01. The molecule has 4 heterocycles. The highest BCUT2D eigenvalue weighted by Gasteiger charge is 2.27. The summed E-state index contributed by atoms with van der Waals surface area (Å²) in [5, 5.41) is 0. The van der Waals surface area contributed by atoms with E-state index in [1.165, 1.54) is 0 Å². The number of carbonyl (C=O) groups excluding carboxylic acids is 2. The van der Waals surface area contributed by atoms with E-state index in [1.807, 2.05) is 46.3 Å². The summed E-state index contributed by atoms with van der Waals surface area (Å²) in [5.74, 6) is 1.41. The van der Waals surface area contributed by atoms with Crippen molar-refractivity contribution in [3.63, 3.8) is 0 Å². The van der Waals surface area contributed by atoms with E-state index in [4.69, 9.17) is 14.2 Å². The second-order valence-electron chi connectivity index (χ2n) is 10.7. The minimum atomic E-state index is 0.0375. The first-order chi connectivity index (χ1) is 19.2. The van der Waals surface area contributed by atoms with Crippen LogP contribution in [-0.4, -0.2) is 89.9 Å². The zero-order chi connectivity index (χ0) is 26.6. The van der Waals surface area contributed by atoms with E-state index in [0.29, 0.717) is 69.7 Å². The molecule has 0 N–H and O–H groups in total.